The summed E-state index contributed by atoms with van der Waals surface area (Å²) in [6.07, 6.45) is 0. The highest BCUT2D eigenvalue weighted by Crippen LogP contribution is 2.24. The lowest BCUT2D eigenvalue weighted by molar-refractivity contribution is 0.630. The Kier molecular flexibility index (Phi) is 4.13. The molecule has 0 atom stereocenters. The molecule has 3 nitrogen and oxygen atoms in total. The third-order valence-corrected chi connectivity index (χ3v) is 4.06. The molecule has 6 heteroatoms. The van der Waals surface area contributed by atoms with Gasteiger partial charge in [0, 0.05) is 10.6 Å². The van der Waals surface area contributed by atoms with Crippen LogP contribution in [0.3, 0.4) is 0 Å². The average Bonchev–Trinajstić information content (AvgIpc) is 2.96. The van der Waals surface area contributed by atoms with Crippen molar-refractivity contribution in [1.29, 1.82) is 0 Å². The fourth-order valence-electron chi connectivity index (χ4n) is 1.83. The molecule has 0 aliphatic carbocycles. The second-order valence-electron chi connectivity index (χ2n) is 4.34. The molecular formula is C15H11ClFN3S. The third kappa shape index (κ3) is 3.37. The van der Waals surface area contributed by atoms with Crippen LogP contribution in [0, 0.1) is 5.82 Å². The van der Waals surface area contributed by atoms with Gasteiger partial charge in [0.05, 0.1) is 12.2 Å². The number of anilines is 1. The van der Waals surface area contributed by atoms with Crippen LogP contribution in [0.2, 0.25) is 5.02 Å². The van der Waals surface area contributed by atoms with E-state index in [0.29, 0.717) is 17.3 Å². The number of hydrogen-bond acceptors (Lipinski definition) is 4. The number of aromatic nitrogens is 2. The summed E-state index contributed by atoms with van der Waals surface area (Å²) < 4.78 is 13.6. The van der Waals surface area contributed by atoms with Crippen LogP contribution in [-0.4, -0.2) is 10.2 Å². The molecule has 3 rings (SSSR count). The van der Waals surface area contributed by atoms with E-state index in [1.54, 1.807) is 12.1 Å². The Morgan fingerprint density at radius 3 is 2.67 bits per heavy atom. The van der Waals surface area contributed by atoms with Gasteiger partial charge in [0.15, 0.2) is 0 Å². The Labute approximate surface area is 130 Å². The summed E-state index contributed by atoms with van der Waals surface area (Å²) in [4.78, 5) is 0. The maximum Gasteiger partial charge on any atom is 0.147 e. The van der Waals surface area contributed by atoms with Gasteiger partial charge in [0.1, 0.15) is 15.8 Å². The Morgan fingerprint density at radius 1 is 1.10 bits per heavy atom. The van der Waals surface area contributed by atoms with Crippen molar-refractivity contribution in [3.8, 4) is 10.6 Å². The van der Waals surface area contributed by atoms with Gasteiger partial charge in [-0.3, -0.25) is 0 Å². The number of nitrogens with zero attached hydrogens (tertiary/aromatic N) is 2. The summed E-state index contributed by atoms with van der Waals surface area (Å²) in [7, 11) is 0. The molecule has 1 N–H and O–H groups in total. The second-order valence-corrected chi connectivity index (χ2v) is 5.84. The summed E-state index contributed by atoms with van der Waals surface area (Å²) >= 11 is 7.20. The Morgan fingerprint density at radius 2 is 1.90 bits per heavy atom. The lowest BCUT2D eigenvalue weighted by atomic mass is 10.2. The van der Waals surface area contributed by atoms with Crippen LogP contribution in [0.1, 0.15) is 5.01 Å². The van der Waals surface area contributed by atoms with E-state index in [0.717, 1.165) is 15.6 Å². The fraction of sp³-hybridized carbons (Fsp3) is 0.0667. The normalized spacial score (nSPS) is 10.6. The summed E-state index contributed by atoms with van der Waals surface area (Å²) in [5.74, 6) is -0.379. The zero-order valence-electron chi connectivity index (χ0n) is 10.9. The van der Waals surface area contributed by atoms with Crippen molar-refractivity contribution >= 4 is 28.6 Å². The van der Waals surface area contributed by atoms with Gasteiger partial charge in [-0.1, -0.05) is 53.3 Å². The van der Waals surface area contributed by atoms with Crippen molar-refractivity contribution in [3.05, 3.63) is 64.4 Å². The first-order chi connectivity index (χ1) is 10.2. The molecule has 0 radical (unpaired) electrons. The van der Waals surface area contributed by atoms with Crippen molar-refractivity contribution < 1.29 is 4.39 Å². The van der Waals surface area contributed by atoms with Crippen LogP contribution >= 0.6 is 22.9 Å². The first kappa shape index (κ1) is 14.0. The molecule has 0 unspecified atom stereocenters. The predicted molar refractivity (Wildman–Crippen MR) is 84.1 cm³/mol. The topological polar surface area (TPSA) is 37.8 Å². The van der Waals surface area contributed by atoms with Crippen LogP contribution in [-0.2, 0) is 6.54 Å². The molecular weight excluding hydrogens is 309 g/mol. The molecule has 0 aliphatic rings. The molecule has 0 saturated carbocycles. The highest BCUT2D eigenvalue weighted by atomic mass is 35.5. The summed E-state index contributed by atoms with van der Waals surface area (Å²) in [6, 6.07) is 14.4. The van der Waals surface area contributed by atoms with Gasteiger partial charge in [0.2, 0.25) is 0 Å². The number of nitrogens with one attached hydrogen (secondary N) is 1. The van der Waals surface area contributed by atoms with Crippen molar-refractivity contribution in [3.63, 3.8) is 0 Å². The van der Waals surface area contributed by atoms with Crippen molar-refractivity contribution in [2.45, 2.75) is 6.54 Å². The molecule has 0 spiro atoms. The van der Waals surface area contributed by atoms with Crippen LogP contribution in [0.15, 0.2) is 48.5 Å². The van der Waals surface area contributed by atoms with Crippen LogP contribution in [0.5, 0.6) is 0 Å². The Balaban J connectivity index is 1.70. The molecule has 2 aromatic carbocycles. The van der Waals surface area contributed by atoms with Gasteiger partial charge in [-0.25, -0.2) is 4.39 Å². The zero-order valence-corrected chi connectivity index (χ0v) is 12.5. The third-order valence-electron chi connectivity index (χ3n) is 2.85. The molecule has 0 amide bonds. The number of halogens is 2. The molecule has 106 valence electrons. The molecule has 0 saturated heterocycles. The summed E-state index contributed by atoms with van der Waals surface area (Å²) in [5, 5.41) is 13.3. The Bertz CT molecular complexity index is 746. The molecule has 1 aromatic heterocycles. The smallest absolute Gasteiger partial charge is 0.147 e. The van der Waals surface area contributed by atoms with E-state index in [-0.39, 0.29) is 5.82 Å². The number of benzene rings is 2. The maximum atomic E-state index is 13.6. The van der Waals surface area contributed by atoms with E-state index >= 15 is 0 Å². The van der Waals surface area contributed by atoms with Gasteiger partial charge in [-0.05, 0) is 18.2 Å². The fourth-order valence-corrected chi connectivity index (χ4v) is 2.77. The van der Waals surface area contributed by atoms with E-state index in [1.807, 2.05) is 30.3 Å². The summed E-state index contributed by atoms with van der Waals surface area (Å²) in [5.41, 5.74) is 1.43. The van der Waals surface area contributed by atoms with E-state index in [1.165, 1.54) is 17.4 Å². The van der Waals surface area contributed by atoms with Crippen LogP contribution < -0.4 is 5.32 Å². The number of hydrogen-bond donors (Lipinski definition) is 1. The van der Waals surface area contributed by atoms with Gasteiger partial charge in [0.25, 0.3) is 0 Å². The first-order valence-electron chi connectivity index (χ1n) is 6.29. The largest absolute Gasteiger partial charge is 0.376 e. The SMILES string of the molecule is Fc1cc(Cl)ccc1NCc1nnc(-c2ccccc2)s1. The quantitative estimate of drug-likeness (QED) is 0.763. The van der Waals surface area contributed by atoms with E-state index < -0.39 is 0 Å². The molecule has 1 heterocycles. The standard InChI is InChI=1S/C15H11ClFN3S/c16-11-6-7-13(12(17)8-11)18-9-14-19-20-15(21-14)10-4-2-1-3-5-10/h1-8,18H,9H2. The lowest BCUT2D eigenvalue weighted by Crippen LogP contribution is -2.00. The molecule has 0 fully saturated rings. The van der Waals surface area contributed by atoms with Gasteiger partial charge < -0.3 is 5.32 Å². The van der Waals surface area contributed by atoms with Crippen molar-refractivity contribution in [2.24, 2.45) is 0 Å². The van der Waals surface area contributed by atoms with Gasteiger partial charge >= 0.3 is 0 Å². The lowest BCUT2D eigenvalue weighted by Gasteiger charge is -2.05. The zero-order chi connectivity index (χ0) is 14.7. The minimum absolute atomic E-state index is 0.375. The van der Waals surface area contributed by atoms with Gasteiger partial charge in [-0.15, -0.1) is 10.2 Å². The summed E-state index contributed by atoms with van der Waals surface area (Å²) in [6.45, 7) is 0.420. The predicted octanol–water partition coefficient (Wildman–Crippen LogP) is 4.61. The molecule has 3 aromatic rings. The highest BCUT2D eigenvalue weighted by Gasteiger charge is 2.07. The van der Waals surface area contributed by atoms with E-state index in [9.17, 15) is 4.39 Å². The van der Waals surface area contributed by atoms with Gasteiger partial charge in [-0.2, -0.15) is 0 Å². The molecule has 0 aliphatic heterocycles. The monoisotopic (exact) mass is 319 g/mol. The van der Waals surface area contributed by atoms with Crippen LogP contribution in [0.4, 0.5) is 10.1 Å². The second kappa shape index (κ2) is 6.20. The minimum atomic E-state index is -0.379. The molecule has 0 bridgehead atoms. The highest BCUT2D eigenvalue weighted by molar-refractivity contribution is 7.14. The number of rotatable bonds is 4. The maximum absolute atomic E-state index is 13.6. The van der Waals surface area contributed by atoms with Crippen molar-refractivity contribution in [2.75, 3.05) is 5.32 Å². The first-order valence-corrected chi connectivity index (χ1v) is 7.48. The minimum Gasteiger partial charge on any atom is -0.376 e. The van der Waals surface area contributed by atoms with E-state index in [2.05, 4.69) is 15.5 Å². The van der Waals surface area contributed by atoms with Crippen molar-refractivity contribution in [1.82, 2.24) is 10.2 Å². The van der Waals surface area contributed by atoms with Crippen LogP contribution in [0.25, 0.3) is 10.6 Å². The molecule has 21 heavy (non-hydrogen) atoms. The Hall–Kier alpha value is -1.98. The average molecular weight is 320 g/mol. The van der Waals surface area contributed by atoms with E-state index in [4.69, 9.17) is 11.6 Å².